The molecule has 0 fully saturated rings. The number of hydrogen-bond acceptors (Lipinski definition) is 2. The smallest absolute Gasteiger partial charge is 0.0973 e. The zero-order chi connectivity index (χ0) is 17.1. The summed E-state index contributed by atoms with van der Waals surface area (Å²) in [5.41, 5.74) is 6.94. The molecular weight excluding hydrogens is 304 g/mol. The van der Waals surface area contributed by atoms with Crippen molar-refractivity contribution in [2.24, 2.45) is 0 Å². The van der Waals surface area contributed by atoms with Gasteiger partial charge in [-0.1, -0.05) is 91.0 Å². The van der Waals surface area contributed by atoms with Crippen molar-refractivity contribution in [2.75, 3.05) is 0 Å². The molecule has 0 amide bonds. The van der Waals surface area contributed by atoms with Gasteiger partial charge in [0.1, 0.15) is 0 Å². The van der Waals surface area contributed by atoms with E-state index in [2.05, 4.69) is 36.4 Å². The lowest BCUT2D eigenvalue weighted by molar-refractivity contribution is 1.13. The summed E-state index contributed by atoms with van der Waals surface area (Å²) in [5, 5.41) is 0. The lowest BCUT2D eigenvalue weighted by atomic mass is 10.0. The largest absolute Gasteiger partial charge is 0.249 e. The predicted molar refractivity (Wildman–Crippen MR) is 103 cm³/mol. The summed E-state index contributed by atoms with van der Waals surface area (Å²) in [6.45, 7) is 2.02. The van der Waals surface area contributed by atoms with Gasteiger partial charge in [-0.3, -0.25) is 0 Å². The van der Waals surface area contributed by atoms with Crippen LogP contribution in [0.5, 0.6) is 0 Å². The highest BCUT2D eigenvalue weighted by atomic mass is 14.8. The van der Waals surface area contributed by atoms with Crippen LogP contribution >= 0.6 is 0 Å². The first-order valence-corrected chi connectivity index (χ1v) is 8.38. The second-order valence-corrected chi connectivity index (χ2v) is 5.95. The average molecular weight is 322 g/mol. The lowest BCUT2D eigenvalue weighted by Gasteiger charge is -2.13. The van der Waals surface area contributed by atoms with E-state index in [-0.39, 0.29) is 0 Å². The van der Waals surface area contributed by atoms with Crippen LogP contribution in [0.1, 0.15) is 5.69 Å². The van der Waals surface area contributed by atoms with E-state index in [1.165, 1.54) is 0 Å². The van der Waals surface area contributed by atoms with Crippen LogP contribution in [0.15, 0.2) is 91.0 Å². The molecule has 0 radical (unpaired) electrons. The van der Waals surface area contributed by atoms with E-state index in [1.807, 2.05) is 61.5 Å². The minimum atomic E-state index is 0.913. The molecule has 4 aromatic rings. The van der Waals surface area contributed by atoms with Gasteiger partial charge in [-0.15, -0.1) is 0 Å². The molecule has 4 rings (SSSR count). The molecule has 2 heteroatoms. The maximum Gasteiger partial charge on any atom is 0.0973 e. The number of hydrogen-bond donors (Lipinski definition) is 0. The average Bonchev–Trinajstić information content (AvgIpc) is 2.70. The molecular formula is C23H18N2. The molecule has 1 heterocycles. The number of benzene rings is 3. The third-order valence-electron chi connectivity index (χ3n) is 4.21. The van der Waals surface area contributed by atoms with Crippen LogP contribution in [-0.2, 0) is 0 Å². The summed E-state index contributed by atoms with van der Waals surface area (Å²) in [4.78, 5) is 9.96. The third kappa shape index (κ3) is 3.07. The maximum atomic E-state index is 5.03. The number of rotatable bonds is 3. The molecule has 0 saturated heterocycles. The van der Waals surface area contributed by atoms with Crippen molar-refractivity contribution in [2.45, 2.75) is 6.92 Å². The molecule has 3 aromatic carbocycles. The van der Waals surface area contributed by atoms with E-state index in [1.54, 1.807) is 0 Å². The lowest BCUT2D eigenvalue weighted by Crippen LogP contribution is -2.00. The topological polar surface area (TPSA) is 25.8 Å². The number of aryl methyl sites for hydroxylation is 1. The van der Waals surface area contributed by atoms with E-state index in [4.69, 9.17) is 9.97 Å². The van der Waals surface area contributed by atoms with Gasteiger partial charge in [-0.25, -0.2) is 9.97 Å². The second kappa shape index (κ2) is 6.70. The van der Waals surface area contributed by atoms with Crippen molar-refractivity contribution < 1.29 is 0 Å². The van der Waals surface area contributed by atoms with Crippen LogP contribution in [0.3, 0.4) is 0 Å². The van der Waals surface area contributed by atoms with E-state index in [0.29, 0.717) is 0 Å². The van der Waals surface area contributed by atoms with Crippen molar-refractivity contribution in [3.63, 3.8) is 0 Å². The van der Waals surface area contributed by atoms with Gasteiger partial charge in [-0.2, -0.15) is 0 Å². The van der Waals surface area contributed by atoms with E-state index < -0.39 is 0 Å². The first-order valence-electron chi connectivity index (χ1n) is 8.38. The van der Waals surface area contributed by atoms with Crippen LogP contribution < -0.4 is 0 Å². The molecule has 0 bridgehead atoms. The number of nitrogens with zero attached hydrogens (tertiary/aromatic N) is 2. The first-order chi connectivity index (χ1) is 12.3. The minimum absolute atomic E-state index is 0.913. The minimum Gasteiger partial charge on any atom is -0.249 e. The van der Waals surface area contributed by atoms with Gasteiger partial charge in [0.15, 0.2) is 0 Å². The standard InChI is InChI=1S/C23H18N2/c1-17-21(18-11-5-2-6-12-18)25-23(20-15-9-4-10-16-20)22(24-17)19-13-7-3-8-14-19/h2-16H,1H3. The van der Waals surface area contributed by atoms with E-state index >= 15 is 0 Å². The Morgan fingerprint density at radius 1 is 0.440 bits per heavy atom. The van der Waals surface area contributed by atoms with Gasteiger partial charge in [0.05, 0.1) is 22.8 Å². The Hall–Kier alpha value is -3.26. The summed E-state index contributed by atoms with van der Waals surface area (Å²) in [5.74, 6) is 0. The second-order valence-electron chi connectivity index (χ2n) is 5.95. The van der Waals surface area contributed by atoms with Crippen molar-refractivity contribution in [1.82, 2.24) is 9.97 Å². The summed E-state index contributed by atoms with van der Waals surface area (Å²) in [6, 6.07) is 30.7. The highest BCUT2D eigenvalue weighted by Gasteiger charge is 2.15. The van der Waals surface area contributed by atoms with Crippen LogP contribution in [0.25, 0.3) is 33.8 Å². The Morgan fingerprint density at radius 2 is 0.800 bits per heavy atom. The van der Waals surface area contributed by atoms with Gasteiger partial charge in [0.25, 0.3) is 0 Å². The van der Waals surface area contributed by atoms with Crippen LogP contribution in [0, 0.1) is 6.92 Å². The monoisotopic (exact) mass is 322 g/mol. The molecule has 0 aliphatic rings. The molecule has 0 unspecified atom stereocenters. The van der Waals surface area contributed by atoms with Crippen molar-refractivity contribution in [1.29, 1.82) is 0 Å². The Balaban J connectivity index is 1.98. The normalized spacial score (nSPS) is 10.6. The summed E-state index contributed by atoms with van der Waals surface area (Å²) in [6.07, 6.45) is 0. The van der Waals surface area contributed by atoms with Gasteiger partial charge in [-0.05, 0) is 6.92 Å². The Morgan fingerprint density at radius 3 is 1.24 bits per heavy atom. The zero-order valence-electron chi connectivity index (χ0n) is 14.1. The Bertz CT molecular complexity index is 978. The fourth-order valence-corrected chi connectivity index (χ4v) is 2.98. The highest BCUT2D eigenvalue weighted by Crippen LogP contribution is 2.32. The summed E-state index contributed by atoms with van der Waals surface area (Å²) < 4.78 is 0. The molecule has 0 aliphatic heterocycles. The summed E-state index contributed by atoms with van der Waals surface area (Å²) in [7, 11) is 0. The summed E-state index contributed by atoms with van der Waals surface area (Å²) >= 11 is 0. The van der Waals surface area contributed by atoms with Crippen LogP contribution in [0.2, 0.25) is 0 Å². The predicted octanol–water partition coefficient (Wildman–Crippen LogP) is 5.79. The molecule has 0 saturated carbocycles. The number of aromatic nitrogens is 2. The molecule has 0 atom stereocenters. The molecule has 120 valence electrons. The Labute approximate surface area is 147 Å². The van der Waals surface area contributed by atoms with Crippen molar-refractivity contribution >= 4 is 0 Å². The van der Waals surface area contributed by atoms with Crippen molar-refractivity contribution in [3.8, 4) is 33.8 Å². The van der Waals surface area contributed by atoms with Gasteiger partial charge in [0, 0.05) is 16.7 Å². The SMILES string of the molecule is Cc1nc(-c2ccccc2)c(-c2ccccc2)nc1-c1ccccc1. The van der Waals surface area contributed by atoms with E-state index in [9.17, 15) is 0 Å². The third-order valence-corrected chi connectivity index (χ3v) is 4.21. The zero-order valence-corrected chi connectivity index (χ0v) is 14.1. The first kappa shape index (κ1) is 15.3. The van der Waals surface area contributed by atoms with Crippen LogP contribution in [0.4, 0.5) is 0 Å². The van der Waals surface area contributed by atoms with Crippen LogP contribution in [-0.4, -0.2) is 9.97 Å². The van der Waals surface area contributed by atoms with Crippen molar-refractivity contribution in [3.05, 3.63) is 96.7 Å². The molecule has 1 aromatic heterocycles. The molecule has 25 heavy (non-hydrogen) atoms. The molecule has 0 spiro atoms. The fourth-order valence-electron chi connectivity index (χ4n) is 2.98. The molecule has 0 aliphatic carbocycles. The Kier molecular flexibility index (Phi) is 4.09. The molecule has 2 nitrogen and oxygen atoms in total. The maximum absolute atomic E-state index is 5.03. The van der Waals surface area contributed by atoms with Gasteiger partial charge >= 0.3 is 0 Å². The van der Waals surface area contributed by atoms with Gasteiger partial charge in [0.2, 0.25) is 0 Å². The van der Waals surface area contributed by atoms with E-state index in [0.717, 1.165) is 39.5 Å². The molecule has 0 N–H and O–H groups in total. The van der Waals surface area contributed by atoms with Gasteiger partial charge < -0.3 is 0 Å². The highest BCUT2D eigenvalue weighted by molar-refractivity contribution is 5.80. The quantitative estimate of drug-likeness (QED) is 0.477. The fraction of sp³-hybridized carbons (Fsp3) is 0.0435.